The Morgan fingerprint density at radius 2 is 0.662 bits per heavy atom. The highest BCUT2D eigenvalue weighted by molar-refractivity contribution is 5.92. The summed E-state index contributed by atoms with van der Waals surface area (Å²) in [6.45, 7) is 33.5. The number of nitrogens with zero attached hydrogens (tertiary/aromatic N) is 19. The third-order valence-corrected chi connectivity index (χ3v) is 24.9. The smallest absolute Gasteiger partial charge is 0.291 e. The lowest BCUT2D eigenvalue weighted by molar-refractivity contribution is 0.0730. The first kappa shape index (κ1) is 87.9. The van der Waals surface area contributed by atoms with Gasteiger partial charge in [0, 0.05) is 212 Å². The molecule has 0 spiro atoms. The first-order valence-electron chi connectivity index (χ1n) is 44.7. The number of hydrogen-bond donors (Lipinski definition) is 1. The monoisotopic (exact) mass is 1730 g/mol. The first-order chi connectivity index (χ1) is 63.6. The largest absolute Gasteiger partial charge is 0.378 e. The van der Waals surface area contributed by atoms with Crippen molar-refractivity contribution in [1.82, 2.24) is 79.8 Å². The van der Waals surface area contributed by atoms with E-state index in [4.69, 9.17) is 38.9 Å². The molecule has 130 heavy (non-hydrogen) atoms. The standard InChI is InChI=1S/C27H29N5O.C26H27N5O2.2C26H27N5O/c1-19-4-6-21(7-5-19)18-31(3)20(2)27-29-15-22(16-30-27)24-8-9-26-25(24)14-23(17-28-26)32-10-12-33-13-11-32;1-18(19-6-4-3-5-7-19)30(2)26(32)25-28-15-20(16-29-25)22-8-9-24-23(22)14-21(17-27-24)31-10-12-33-13-11-31;1-19(30(2)18-20-6-4-3-5-7-20)26-28-15-21(16-29-26)23-8-9-25-24(23)14-22(17-27-25)31-10-12-32-13-11-31;1-18(20-6-4-3-5-7-20)30-19(2)26-28-15-21(16-29-26)23-8-9-25-24(23)14-22(17-27-25)31-10-12-32-13-11-31/h4-8,14-17H,2,9-13,18H2,1,3H3;3-8,14-18H,9-13H2,1-2H3;3-8,14-17H,1,9-13,18H2,2H3;3-8,14-18,30H,2,9-13H2,1H3/t;18-;;18-/m.1.1/s1. The summed E-state index contributed by atoms with van der Waals surface area (Å²) in [6.07, 6.45) is 34.8. The summed E-state index contributed by atoms with van der Waals surface area (Å²) in [7, 11) is 5.82. The number of pyridine rings is 4. The summed E-state index contributed by atoms with van der Waals surface area (Å²) >= 11 is 0. The second-order valence-electron chi connectivity index (χ2n) is 33.5. The molecule has 0 bridgehead atoms. The van der Waals surface area contributed by atoms with Crippen LogP contribution in [0.2, 0.25) is 0 Å². The Morgan fingerprint density at radius 1 is 0.369 bits per heavy atom. The van der Waals surface area contributed by atoms with Gasteiger partial charge in [0.15, 0.2) is 17.5 Å². The van der Waals surface area contributed by atoms with E-state index >= 15 is 0 Å². The maximum absolute atomic E-state index is 13.0. The van der Waals surface area contributed by atoms with Gasteiger partial charge in [-0.1, -0.05) is 165 Å². The number of ether oxygens (including phenoxy) is 4. The molecular formula is C105H110N20O5. The molecule has 8 aliphatic rings. The molecule has 12 aromatic rings. The summed E-state index contributed by atoms with van der Waals surface area (Å²) in [5.74, 6) is 1.90. The Labute approximate surface area is 761 Å². The zero-order valence-electron chi connectivity index (χ0n) is 74.9. The van der Waals surface area contributed by atoms with Gasteiger partial charge in [0.25, 0.3) is 5.91 Å². The molecular weight excluding hydrogens is 1620 g/mol. The van der Waals surface area contributed by atoms with Crippen molar-refractivity contribution in [2.24, 2.45) is 0 Å². The molecule has 2 atom stereocenters. The maximum atomic E-state index is 13.0. The zero-order valence-corrected chi connectivity index (χ0v) is 74.9. The third-order valence-electron chi connectivity index (χ3n) is 24.9. The van der Waals surface area contributed by atoms with Gasteiger partial charge in [-0.3, -0.25) is 24.7 Å². The Kier molecular flexibility index (Phi) is 28.0. The van der Waals surface area contributed by atoms with Crippen LogP contribution in [0.1, 0.15) is 149 Å². The molecule has 660 valence electrons. The van der Waals surface area contributed by atoms with Crippen LogP contribution in [0.5, 0.6) is 0 Å². The minimum atomic E-state index is -0.199. The average Bonchev–Trinajstić information content (AvgIpc) is 1.65. The van der Waals surface area contributed by atoms with E-state index in [1.54, 1.807) is 24.3 Å². The molecule has 20 rings (SSSR count). The number of aromatic nitrogens is 12. The lowest BCUT2D eigenvalue weighted by atomic mass is 10.0. The summed E-state index contributed by atoms with van der Waals surface area (Å²) in [5.41, 5.74) is 30.2. The second-order valence-corrected chi connectivity index (χ2v) is 33.5. The van der Waals surface area contributed by atoms with E-state index < -0.39 is 0 Å². The summed E-state index contributed by atoms with van der Waals surface area (Å²) < 4.78 is 21.9. The molecule has 4 aliphatic carbocycles. The Hall–Kier alpha value is -14.1. The van der Waals surface area contributed by atoms with Gasteiger partial charge in [-0.15, -0.1) is 0 Å². The lowest BCUT2D eigenvalue weighted by Gasteiger charge is -2.29. The highest BCUT2D eigenvalue weighted by Crippen LogP contribution is 2.40. The van der Waals surface area contributed by atoms with E-state index in [1.807, 2.05) is 150 Å². The van der Waals surface area contributed by atoms with Crippen molar-refractivity contribution in [2.45, 2.75) is 71.6 Å². The van der Waals surface area contributed by atoms with E-state index in [0.29, 0.717) is 23.2 Å². The van der Waals surface area contributed by atoms with Crippen LogP contribution in [-0.2, 0) is 57.7 Å². The summed E-state index contributed by atoms with van der Waals surface area (Å²) in [5, 5.41) is 3.40. The summed E-state index contributed by atoms with van der Waals surface area (Å²) in [6, 6.07) is 48.1. The fourth-order valence-corrected chi connectivity index (χ4v) is 17.0. The molecule has 4 saturated heterocycles. The molecule has 0 unspecified atom stereocenters. The number of morpholine rings is 4. The van der Waals surface area contributed by atoms with Gasteiger partial charge in [-0.05, 0) is 89.6 Å². The van der Waals surface area contributed by atoms with Crippen LogP contribution in [0, 0.1) is 6.92 Å². The Bertz CT molecular complexity index is 6110. The van der Waals surface area contributed by atoms with Crippen LogP contribution >= 0.6 is 0 Å². The van der Waals surface area contributed by atoms with Crippen molar-refractivity contribution >= 4 is 68.0 Å². The first-order valence-corrected chi connectivity index (χ1v) is 44.7. The van der Waals surface area contributed by atoms with Gasteiger partial charge in [0.05, 0.1) is 146 Å². The van der Waals surface area contributed by atoms with Gasteiger partial charge >= 0.3 is 0 Å². The van der Waals surface area contributed by atoms with E-state index in [1.165, 1.54) is 38.9 Å². The van der Waals surface area contributed by atoms with Crippen LogP contribution in [0.25, 0.3) is 39.4 Å². The number of carbonyl (C=O) groups is 1. The van der Waals surface area contributed by atoms with Gasteiger partial charge < -0.3 is 58.6 Å². The predicted octanol–water partition coefficient (Wildman–Crippen LogP) is 15.5. The topological polar surface area (TPSA) is 243 Å². The van der Waals surface area contributed by atoms with Crippen LogP contribution in [0.4, 0.5) is 22.7 Å². The van der Waals surface area contributed by atoms with E-state index in [2.05, 4.69) is 205 Å². The number of rotatable bonds is 23. The number of benzene rings is 4. The van der Waals surface area contributed by atoms with Crippen LogP contribution in [0.3, 0.4) is 0 Å². The molecule has 4 aliphatic heterocycles. The molecule has 25 heteroatoms. The number of anilines is 4. The summed E-state index contributed by atoms with van der Waals surface area (Å²) in [4.78, 5) is 83.5. The molecule has 0 saturated carbocycles. The van der Waals surface area contributed by atoms with E-state index in [9.17, 15) is 4.79 Å². The molecule has 4 aromatic carbocycles. The number of aryl methyl sites for hydroxylation is 1. The van der Waals surface area contributed by atoms with E-state index in [-0.39, 0.29) is 23.8 Å². The SMILES string of the molecule is C=C(N[C@H](C)c1ccccc1)c1ncc(C2=CCc3ncc(N4CCOCC4)cc32)cn1.C=C(c1ncc(C2=CCc3ncc(N4CCOCC4)cc32)cn1)N(C)Cc1ccc(C)cc1.C=C(c1ncc(C2=CCc3ncc(N4CCOCC4)cc32)cn1)N(C)Cc1ccccc1.C[C@H](c1ccccc1)N(C)C(=O)c1ncc(C2=CCc3ncc(N4CCOCC4)cc32)cn1. The second kappa shape index (κ2) is 41.3. The number of allylic oxidation sites excluding steroid dienone is 4. The van der Waals surface area contributed by atoms with Crippen molar-refractivity contribution in [3.8, 4) is 0 Å². The molecule has 8 aromatic heterocycles. The molecule has 1 N–H and O–H groups in total. The highest BCUT2D eigenvalue weighted by atomic mass is 16.5. The quantitative estimate of drug-likeness (QED) is 0.0625. The van der Waals surface area contributed by atoms with Crippen LogP contribution in [-0.4, -0.2) is 207 Å². The molecule has 25 nitrogen and oxygen atoms in total. The highest BCUT2D eigenvalue weighted by Gasteiger charge is 2.29. The molecule has 4 fully saturated rings. The van der Waals surface area contributed by atoms with Crippen LogP contribution < -0.4 is 24.9 Å². The van der Waals surface area contributed by atoms with Crippen molar-refractivity contribution in [2.75, 3.05) is 146 Å². The molecule has 12 heterocycles. The zero-order chi connectivity index (χ0) is 89.4. The van der Waals surface area contributed by atoms with E-state index in [0.717, 1.165) is 257 Å². The number of hydrogen-bond acceptors (Lipinski definition) is 24. The fourth-order valence-electron chi connectivity index (χ4n) is 17.0. The molecule has 1 amide bonds. The third kappa shape index (κ3) is 20.8. The average molecular weight is 1730 g/mol. The number of fused-ring (bicyclic) bond motifs is 4. The number of nitrogens with one attached hydrogen (secondary N) is 1. The van der Waals surface area contributed by atoms with Gasteiger partial charge in [0.2, 0.25) is 5.82 Å². The number of amides is 1. The van der Waals surface area contributed by atoms with Crippen molar-refractivity contribution in [3.05, 3.63) is 376 Å². The minimum absolute atomic E-state index is 0.0731. The minimum Gasteiger partial charge on any atom is -0.378 e. The fraction of sp³-hybridized carbons (Fsp3) is 0.286. The Morgan fingerprint density at radius 3 is 0.992 bits per heavy atom. The normalized spacial score (nSPS) is 15.7. The number of carbonyl (C=O) groups excluding carboxylic acids is 1. The van der Waals surface area contributed by atoms with Gasteiger partial charge in [-0.25, -0.2) is 39.9 Å². The Balaban J connectivity index is 0.000000121. The van der Waals surface area contributed by atoms with Crippen molar-refractivity contribution in [3.63, 3.8) is 0 Å². The van der Waals surface area contributed by atoms with Gasteiger partial charge in [0.1, 0.15) is 0 Å². The van der Waals surface area contributed by atoms with Gasteiger partial charge in [-0.2, -0.15) is 0 Å². The lowest BCUT2D eigenvalue weighted by Crippen LogP contribution is -2.36. The molecule has 0 radical (unpaired) electrons. The van der Waals surface area contributed by atoms with Crippen molar-refractivity contribution in [1.29, 1.82) is 0 Å². The maximum Gasteiger partial charge on any atom is 0.291 e. The predicted molar refractivity (Wildman–Crippen MR) is 513 cm³/mol. The van der Waals surface area contributed by atoms with Crippen molar-refractivity contribution < 1.29 is 23.7 Å². The van der Waals surface area contributed by atoms with Crippen LogP contribution in [0.15, 0.2) is 258 Å².